The Morgan fingerprint density at radius 1 is 1.03 bits per heavy atom. The molecular formula is C23H31N3O3S. The van der Waals surface area contributed by atoms with E-state index in [0.717, 1.165) is 37.2 Å². The first-order valence-corrected chi connectivity index (χ1v) is 12.0. The van der Waals surface area contributed by atoms with Crippen LogP contribution in [0.4, 0.5) is 5.69 Å². The maximum Gasteiger partial charge on any atom is 0.264 e. The number of nitrogens with zero attached hydrogens (tertiary/aromatic N) is 2. The van der Waals surface area contributed by atoms with E-state index in [1.807, 2.05) is 26.0 Å². The predicted octanol–water partition coefficient (Wildman–Crippen LogP) is 3.10. The van der Waals surface area contributed by atoms with Crippen molar-refractivity contribution < 1.29 is 13.2 Å². The standard InChI is InChI=1S/C23H31N3O3S/c1-19-10-8-13-22(20(19)2)26(30(28,29)21-11-4-3-5-12-21)18-23(27)24-14-9-17-25-15-6-7-16-25/h3-5,8,10-13H,6-7,9,14-18H2,1-2H3,(H,24,27). The van der Waals surface area contributed by atoms with Crippen LogP contribution in [0, 0.1) is 13.8 Å². The van der Waals surface area contributed by atoms with Gasteiger partial charge in [-0.25, -0.2) is 8.42 Å². The van der Waals surface area contributed by atoms with Gasteiger partial charge in [-0.05, 0) is 82.1 Å². The normalized spacial score (nSPS) is 14.6. The number of likely N-dealkylation sites (tertiary alicyclic amines) is 1. The molecule has 30 heavy (non-hydrogen) atoms. The summed E-state index contributed by atoms with van der Waals surface area (Å²) < 4.78 is 28.0. The fourth-order valence-corrected chi connectivity index (χ4v) is 5.25. The van der Waals surface area contributed by atoms with Crippen LogP contribution in [0.1, 0.15) is 30.4 Å². The number of aryl methyl sites for hydroxylation is 1. The number of amides is 1. The molecule has 0 saturated carbocycles. The zero-order chi connectivity index (χ0) is 21.6. The van der Waals surface area contributed by atoms with Crippen LogP contribution in [0.2, 0.25) is 0 Å². The molecule has 1 amide bonds. The van der Waals surface area contributed by atoms with Crippen molar-refractivity contribution in [3.05, 3.63) is 59.7 Å². The zero-order valence-electron chi connectivity index (χ0n) is 17.8. The van der Waals surface area contributed by atoms with E-state index in [2.05, 4.69) is 10.2 Å². The first-order valence-electron chi connectivity index (χ1n) is 10.5. The van der Waals surface area contributed by atoms with Gasteiger partial charge in [0.2, 0.25) is 5.91 Å². The number of benzene rings is 2. The van der Waals surface area contributed by atoms with Crippen molar-refractivity contribution in [1.82, 2.24) is 10.2 Å². The second-order valence-corrected chi connectivity index (χ2v) is 9.66. The van der Waals surface area contributed by atoms with E-state index in [0.29, 0.717) is 12.2 Å². The van der Waals surface area contributed by atoms with Crippen molar-refractivity contribution in [2.45, 2.75) is 38.0 Å². The first-order chi connectivity index (χ1) is 14.4. The molecule has 3 rings (SSSR count). The molecule has 1 aliphatic heterocycles. The summed E-state index contributed by atoms with van der Waals surface area (Å²) in [7, 11) is -3.87. The molecule has 0 aromatic heterocycles. The predicted molar refractivity (Wildman–Crippen MR) is 120 cm³/mol. The van der Waals surface area contributed by atoms with Crippen LogP contribution in [0.5, 0.6) is 0 Å². The molecule has 0 aliphatic carbocycles. The molecule has 0 bridgehead atoms. The van der Waals surface area contributed by atoms with Crippen molar-refractivity contribution in [3.8, 4) is 0 Å². The molecule has 7 heteroatoms. The van der Waals surface area contributed by atoms with Gasteiger partial charge in [0, 0.05) is 6.54 Å². The van der Waals surface area contributed by atoms with Crippen LogP contribution in [-0.4, -0.2) is 51.9 Å². The van der Waals surface area contributed by atoms with Gasteiger partial charge in [-0.1, -0.05) is 30.3 Å². The van der Waals surface area contributed by atoms with Crippen molar-refractivity contribution >= 4 is 21.6 Å². The lowest BCUT2D eigenvalue weighted by Gasteiger charge is -2.26. The minimum Gasteiger partial charge on any atom is -0.354 e. The van der Waals surface area contributed by atoms with Gasteiger partial charge < -0.3 is 10.2 Å². The van der Waals surface area contributed by atoms with Gasteiger partial charge in [0.25, 0.3) is 10.0 Å². The van der Waals surface area contributed by atoms with Crippen LogP contribution < -0.4 is 9.62 Å². The Kier molecular flexibility index (Phi) is 7.50. The average molecular weight is 430 g/mol. The highest BCUT2D eigenvalue weighted by molar-refractivity contribution is 7.92. The van der Waals surface area contributed by atoms with E-state index in [9.17, 15) is 13.2 Å². The Morgan fingerprint density at radius 3 is 2.43 bits per heavy atom. The number of nitrogens with one attached hydrogen (secondary N) is 1. The summed E-state index contributed by atoms with van der Waals surface area (Å²) >= 11 is 0. The van der Waals surface area contributed by atoms with Gasteiger partial charge in [-0.2, -0.15) is 0 Å². The average Bonchev–Trinajstić information content (AvgIpc) is 3.26. The molecule has 2 aromatic carbocycles. The van der Waals surface area contributed by atoms with Crippen LogP contribution >= 0.6 is 0 Å². The van der Waals surface area contributed by atoms with Crippen molar-refractivity contribution in [1.29, 1.82) is 0 Å². The molecule has 6 nitrogen and oxygen atoms in total. The Bertz CT molecular complexity index is 955. The topological polar surface area (TPSA) is 69.7 Å². The highest BCUT2D eigenvalue weighted by atomic mass is 32.2. The van der Waals surface area contributed by atoms with E-state index in [-0.39, 0.29) is 17.3 Å². The third-order valence-electron chi connectivity index (χ3n) is 5.64. The van der Waals surface area contributed by atoms with E-state index >= 15 is 0 Å². The molecule has 0 spiro atoms. The fourth-order valence-electron chi connectivity index (χ4n) is 3.75. The molecule has 0 atom stereocenters. The van der Waals surface area contributed by atoms with E-state index in [1.54, 1.807) is 36.4 Å². The van der Waals surface area contributed by atoms with Gasteiger partial charge in [-0.3, -0.25) is 9.10 Å². The largest absolute Gasteiger partial charge is 0.354 e. The Hall–Kier alpha value is -2.38. The summed E-state index contributed by atoms with van der Waals surface area (Å²) in [6, 6.07) is 13.8. The van der Waals surface area contributed by atoms with Gasteiger partial charge in [0.15, 0.2) is 0 Å². The second-order valence-electron chi connectivity index (χ2n) is 7.80. The summed E-state index contributed by atoms with van der Waals surface area (Å²) in [6.45, 7) is 7.33. The molecule has 1 saturated heterocycles. The minimum absolute atomic E-state index is 0.174. The van der Waals surface area contributed by atoms with Crippen molar-refractivity contribution in [3.63, 3.8) is 0 Å². The molecular weight excluding hydrogens is 398 g/mol. The van der Waals surface area contributed by atoms with E-state index in [4.69, 9.17) is 0 Å². The number of anilines is 1. The molecule has 2 aromatic rings. The third kappa shape index (κ3) is 5.40. The number of rotatable bonds is 9. The number of carbonyl (C=O) groups is 1. The number of carbonyl (C=O) groups excluding carboxylic acids is 1. The lowest BCUT2D eigenvalue weighted by Crippen LogP contribution is -2.41. The van der Waals surface area contributed by atoms with Gasteiger partial charge in [-0.15, -0.1) is 0 Å². The Morgan fingerprint density at radius 2 is 1.73 bits per heavy atom. The van der Waals surface area contributed by atoms with Gasteiger partial charge in [0.05, 0.1) is 10.6 Å². The second kappa shape index (κ2) is 10.1. The van der Waals surface area contributed by atoms with E-state index in [1.165, 1.54) is 17.1 Å². The molecule has 1 heterocycles. The molecule has 0 radical (unpaired) electrons. The number of hydrogen-bond acceptors (Lipinski definition) is 4. The highest BCUT2D eigenvalue weighted by Crippen LogP contribution is 2.28. The maximum absolute atomic E-state index is 13.4. The Balaban J connectivity index is 1.74. The molecule has 162 valence electrons. The molecule has 1 N–H and O–H groups in total. The van der Waals surface area contributed by atoms with Crippen molar-refractivity contribution in [2.24, 2.45) is 0 Å². The Labute approximate surface area is 179 Å². The quantitative estimate of drug-likeness (QED) is 0.622. The summed E-state index contributed by atoms with van der Waals surface area (Å²) in [5, 5.41) is 2.89. The SMILES string of the molecule is Cc1cccc(N(CC(=O)NCCCN2CCCC2)S(=O)(=O)c2ccccc2)c1C. The summed E-state index contributed by atoms with van der Waals surface area (Å²) in [5.74, 6) is -0.295. The van der Waals surface area contributed by atoms with Crippen LogP contribution in [0.15, 0.2) is 53.4 Å². The zero-order valence-corrected chi connectivity index (χ0v) is 18.6. The van der Waals surface area contributed by atoms with Crippen LogP contribution in [-0.2, 0) is 14.8 Å². The van der Waals surface area contributed by atoms with Crippen molar-refractivity contribution in [2.75, 3.05) is 37.0 Å². The summed E-state index contributed by atoms with van der Waals surface area (Å²) in [6.07, 6.45) is 3.35. The molecule has 1 fully saturated rings. The summed E-state index contributed by atoms with van der Waals surface area (Å²) in [5.41, 5.74) is 2.36. The third-order valence-corrected chi connectivity index (χ3v) is 7.41. The molecule has 0 unspecified atom stereocenters. The minimum atomic E-state index is -3.87. The maximum atomic E-state index is 13.4. The molecule has 1 aliphatic rings. The first kappa shape index (κ1) is 22.3. The van der Waals surface area contributed by atoms with Crippen LogP contribution in [0.3, 0.4) is 0 Å². The number of hydrogen-bond donors (Lipinski definition) is 1. The number of sulfonamides is 1. The smallest absolute Gasteiger partial charge is 0.264 e. The lowest BCUT2D eigenvalue weighted by atomic mass is 10.1. The highest BCUT2D eigenvalue weighted by Gasteiger charge is 2.28. The van der Waals surface area contributed by atoms with Crippen LogP contribution in [0.25, 0.3) is 0 Å². The lowest BCUT2D eigenvalue weighted by molar-refractivity contribution is -0.119. The van der Waals surface area contributed by atoms with Gasteiger partial charge in [0.1, 0.15) is 6.54 Å². The summed E-state index contributed by atoms with van der Waals surface area (Å²) in [4.78, 5) is 15.2. The monoisotopic (exact) mass is 429 g/mol. The van der Waals surface area contributed by atoms with Gasteiger partial charge >= 0.3 is 0 Å². The van der Waals surface area contributed by atoms with E-state index < -0.39 is 10.0 Å². The fraction of sp³-hybridized carbons (Fsp3) is 0.435.